The molecule has 0 radical (unpaired) electrons. The van der Waals surface area contributed by atoms with Gasteiger partial charge in [-0.2, -0.15) is 4.57 Å². The predicted molar refractivity (Wildman–Crippen MR) is 146 cm³/mol. The maximum atomic E-state index is 2.34. The molecule has 0 bridgehead atoms. The van der Waals surface area contributed by atoms with E-state index in [9.17, 15) is 0 Å². The maximum absolute atomic E-state index is 2.34. The Balaban J connectivity index is 0.00000180. The summed E-state index contributed by atoms with van der Waals surface area (Å²) in [6.07, 6.45) is 2.34. The second-order valence-electron chi connectivity index (χ2n) is 9.78. The summed E-state index contributed by atoms with van der Waals surface area (Å²) in [5.41, 5.74) is 7.61. The van der Waals surface area contributed by atoms with Crippen molar-refractivity contribution >= 4 is 34.4 Å². The van der Waals surface area contributed by atoms with Crippen molar-refractivity contribution in [2.24, 2.45) is 7.05 Å². The van der Waals surface area contributed by atoms with Crippen LogP contribution in [0.25, 0.3) is 28.2 Å². The zero-order valence-electron chi connectivity index (χ0n) is 21.5. The van der Waals surface area contributed by atoms with Crippen molar-refractivity contribution in [1.29, 1.82) is 0 Å². The minimum Gasteiger partial charge on any atom is -1.00 e. The molecule has 3 nitrogen and oxygen atoms in total. The number of halogens is 2. The van der Waals surface area contributed by atoms with Gasteiger partial charge in [0, 0.05) is 35.2 Å². The molecule has 0 spiro atoms. The van der Waals surface area contributed by atoms with Crippen molar-refractivity contribution in [2.45, 2.75) is 18.4 Å². The lowest BCUT2D eigenvalue weighted by Crippen LogP contribution is -3.00. The third-order valence-electron chi connectivity index (χ3n) is 7.00. The number of thioether (sulfide) groups is 1. The second-order valence-corrected chi connectivity index (χ2v) is 10.8. The average molecular weight is 721 g/mol. The molecule has 188 valence electrons. The number of pyridine rings is 1. The molecule has 0 N–H and O–H groups in total. The summed E-state index contributed by atoms with van der Waals surface area (Å²) in [6, 6.07) is 28.8. The van der Waals surface area contributed by atoms with E-state index in [1.165, 1.54) is 48.9 Å². The van der Waals surface area contributed by atoms with Gasteiger partial charge in [-0.3, -0.25) is 0 Å². The van der Waals surface area contributed by atoms with Crippen LogP contribution >= 0.6 is 11.8 Å². The van der Waals surface area contributed by atoms with E-state index < -0.39 is 0 Å². The van der Waals surface area contributed by atoms with Gasteiger partial charge in [-0.15, -0.1) is 0 Å². The summed E-state index contributed by atoms with van der Waals surface area (Å²) in [5, 5.41) is 2.52. The zero-order valence-corrected chi connectivity index (χ0v) is 26.6. The van der Waals surface area contributed by atoms with E-state index in [1.54, 1.807) is 0 Å². The number of quaternary nitrogens is 1. The third kappa shape index (κ3) is 5.76. The van der Waals surface area contributed by atoms with Crippen LogP contribution in [0.4, 0.5) is 5.69 Å². The normalized spacial score (nSPS) is 13.9. The van der Waals surface area contributed by atoms with Crippen molar-refractivity contribution < 1.29 is 57.0 Å². The van der Waals surface area contributed by atoms with Gasteiger partial charge in [-0.05, 0) is 48.9 Å². The molecule has 1 aromatic heterocycles. The van der Waals surface area contributed by atoms with E-state index in [2.05, 4.69) is 130 Å². The Morgan fingerprint density at radius 3 is 2.28 bits per heavy atom. The first-order chi connectivity index (χ1) is 16.4. The standard InChI is InChI=1S/C30H33N3S.2HI/c1-6-33(4,5)21-22-15-17-23(18-16-22)28-19-24(25-11-7-8-12-26(25)31(28)2)20-30-32(3)27-13-9-10-14-29(27)34-30;;/h7-20H,6,21H2,1-5H3;2*1H/q+2;;/p-2. The fraction of sp³-hybridized carbons (Fsp3) is 0.233. The molecule has 0 aliphatic carbocycles. The number of anilines is 1. The monoisotopic (exact) mass is 721 g/mol. The molecule has 1 aliphatic heterocycles. The summed E-state index contributed by atoms with van der Waals surface area (Å²) in [5.74, 6) is 0. The van der Waals surface area contributed by atoms with Crippen LogP contribution < -0.4 is 57.4 Å². The first-order valence-electron chi connectivity index (χ1n) is 11.9. The minimum atomic E-state index is 0. The average Bonchev–Trinajstić information content (AvgIpc) is 3.16. The van der Waals surface area contributed by atoms with Crippen LogP contribution in [0.3, 0.4) is 0 Å². The van der Waals surface area contributed by atoms with Crippen LogP contribution in [-0.4, -0.2) is 32.2 Å². The fourth-order valence-corrected chi connectivity index (χ4v) is 5.73. The molecular weight excluding hydrogens is 688 g/mol. The molecule has 0 amide bonds. The Morgan fingerprint density at radius 1 is 0.917 bits per heavy atom. The summed E-state index contributed by atoms with van der Waals surface area (Å²) in [6.45, 7) is 4.41. The lowest BCUT2D eigenvalue weighted by atomic mass is 10.0. The van der Waals surface area contributed by atoms with Gasteiger partial charge < -0.3 is 57.3 Å². The number of nitrogens with zero attached hydrogens (tertiary/aromatic N) is 3. The van der Waals surface area contributed by atoms with E-state index in [0.29, 0.717) is 0 Å². The van der Waals surface area contributed by atoms with Gasteiger partial charge in [0.25, 0.3) is 0 Å². The van der Waals surface area contributed by atoms with Crippen LogP contribution in [0.5, 0.6) is 0 Å². The molecule has 3 aromatic carbocycles. The Hall–Kier alpha value is -1.62. The van der Waals surface area contributed by atoms with Gasteiger partial charge in [0.2, 0.25) is 11.2 Å². The largest absolute Gasteiger partial charge is 1.00 e. The maximum Gasteiger partial charge on any atom is 0.213 e. The number of aromatic nitrogens is 1. The summed E-state index contributed by atoms with van der Waals surface area (Å²) in [7, 11) is 8.90. The summed E-state index contributed by atoms with van der Waals surface area (Å²) >= 11 is 1.84. The van der Waals surface area contributed by atoms with Crippen molar-refractivity contribution in [3.63, 3.8) is 0 Å². The van der Waals surface area contributed by atoms with E-state index >= 15 is 0 Å². The molecule has 0 saturated heterocycles. The smallest absolute Gasteiger partial charge is 0.213 e. The number of hydrogen-bond acceptors (Lipinski definition) is 2. The van der Waals surface area contributed by atoms with Gasteiger partial charge in [-0.1, -0.05) is 48.2 Å². The van der Waals surface area contributed by atoms with Crippen LogP contribution in [0.2, 0.25) is 0 Å². The highest BCUT2D eigenvalue weighted by molar-refractivity contribution is 8.03. The highest BCUT2D eigenvalue weighted by Crippen LogP contribution is 2.45. The summed E-state index contributed by atoms with van der Waals surface area (Å²) < 4.78 is 3.31. The van der Waals surface area contributed by atoms with Crippen LogP contribution in [-0.2, 0) is 13.6 Å². The minimum absolute atomic E-state index is 0. The lowest BCUT2D eigenvalue weighted by Gasteiger charge is -2.28. The molecule has 2 heterocycles. The molecular formula is C30H33I2N3S. The van der Waals surface area contributed by atoms with Crippen LogP contribution in [0, 0.1) is 0 Å². The SMILES string of the molecule is CC[N+](C)(C)Cc1ccc(-c2cc(C=C3Sc4ccccc4N3C)c3ccccc3[n+]2C)cc1.[I-].[I-]. The highest BCUT2D eigenvalue weighted by Gasteiger charge is 2.23. The van der Waals surface area contributed by atoms with Crippen LogP contribution in [0.1, 0.15) is 18.1 Å². The Bertz CT molecular complexity index is 1400. The number of rotatable bonds is 5. The molecule has 0 atom stereocenters. The van der Waals surface area contributed by atoms with E-state index in [0.717, 1.165) is 17.6 Å². The van der Waals surface area contributed by atoms with Crippen LogP contribution in [0.15, 0.2) is 88.8 Å². The molecule has 4 aromatic rings. The van der Waals surface area contributed by atoms with Gasteiger partial charge in [0.05, 0.1) is 36.7 Å². The third-order valence-corrected chi connectivity index (χ3v) is 8.16. The molecule has 36 heavy (non-hydrogen) atoms. The number of fused-ring (bicyclic) bond motifs is 2. The second kappa shape index (κ2) is 11.8. The van der Waals surface area contributed by atoms with Crippen molar-refractivity contribution in [3.05, 3.63) is 95.0 Å². The number of para-hydroxylation sites is 2. The Labute approximate surface area is 253 Å². The quantitative estimate of drug-likeness (QED) is 0.168. The highest BCUT2D eigenvalue weighted by atomic mass is 127. The lowest BCUT2D eigenvalue weighted by molar-refractivity contribution is -0.901. The summed E-state index contributed by atoms with van der Waals surface area (Å²) in [4.78, 5) is 3.61. The Kier molecular flexibility index (Phi) is 9.52. The molecule has 0 fully saturated rings. The first-order valence-corrected chi connectivity index (χ1v) is 12.7. The van der Waals surface area contributed by atoms with Crippen molar-refractivity contribution in [1.82, 2.24) is 0 Å². The topological polar surface area (TPSA) is 7.12 Å². The molecule has 0 unspecified atom stereocenters. The van der Waals surface area contributed by atoms with E-state index in [4.69, 9.17) is 0 Å². The Morgan fingerprint density at radius 2 is 1.58 bits per heavy atom. The van der Waals surface area contributed by atoms with Gasteiger partial charge in [0.15, 0.2) is 0 Å². The first kappa shape index (κ1) is 28.9. The van der Waals surface area contributed by atoms with Crippen molar-refractivity contribution in [3.8, 4) is 11.3 Å². The molecule has 6 heteroatoms. The molecule has 1 aliphatic rings. The van der Waals surface area contributed by atoms with Gasteiger partial charge >= 0.3 is 0 Å². The molecule has 0 saturated carbocycles. The van der Waals surface area contributed by atoms with Crippen molar-refractivity contribution in [2.75, 3.05) is 32.6 Å². The van der Waals surface area contributed by atoms with E-state index in [1.807, 2.05) is 11.8 Å². The van der Waals surface area contributed by atoms with Gasteiger partial charge in [-0.25, -0.2) is 0 Å². The van der Waals surface area contributed by atoms with E-state index in [-0.39, 0.29) is 48.0 Å². The zero-order chi connectivity index (χ0) is 23.9. The number of aryl methyl sites for hydroxylation is 1. The number of hydrogen-bond donors (Lipinski definition) is 0. The number of benzene rings is 3. The predicted octanol–water partition coefficient (Wildman–Crippen LogP) is 0.476. The fourth-order valence-electron chi connectivity index (χ4n) is 4.62. The van der Waals surface area contributed by atoms with Gasteiger partial charge in [0.1, 0.15) is 13.6 Å². The molecule has 5 rings (SSSR count).